The Labute approximate surface area is 140 Å². The van der Waals surface area contributed by atoms with Crippen molar-refractivity contribution in [3.05, 3.63) is 74.8 Å². The molecule has 2 aromatic carbocycles. The highest BCUT2D eigenvalue weighted by Crippen LogP contribution is 2.14. The number of carbonyl (C=O) groups is 1. The van der Waals surface area contributed by atoms with Crippen LogP contribution in [-0.2, 0) is 11.2 Å². The Hall–Kier alpha value is -3.02. The number of carbonyl (C=O) groups excluding carboxylic acids is 1. The van der Waals surface area contributed by atoms with Crippen LogP contribution in [0.3, 0.4) is 0 Å². The van der Waals surface area contributed by atoms with Crippen LogP contribution in [0.1, 0.15) is 29.2 Å². The summed E-state index contributed by atoms with van der Waals surface area (Å²) in [5.74, 6) is -0.230. The van der Waals surface area contributed by atoms with Crippen molar-refractivity contribution in [1.82, 2.24) is 5.43 Å². The van der Waals surface area contributed by atoms with Crippen molar-refractivity contribution in [2.24, 2.45) is 5.10 Å². The van der Waals surface area contributed by atoms with Gasteiger partial charge in [0, 0.05) is 17.7 Å². The number of benzene rings is 2. The van der Waals surface area contributed by atoms with Crippen molar-refractivity contribution in [1.29, 1.82) is 0 Å². The molecule has 6 nitrogen and oxygen atoms in total. The molecule has 0 bridgehead atoms. The van der Waals surface area contributed by atoms with Gasteiger partial charge < -0.3 is 0 Å². The number of hydrazone groups is 1. The van der Waals surface area contributed by atoms with Gasteiger partial charge in [-0.3, -0.25) is 14.9 Å². The van der Waals surface area contributed by atoms with Gasteiger partial charge >= 0.3 is 0 Å². The zero-order valence-electron chi connectivity index (χ0n) is 13.9. The van der Waals surface area contributed by atoms with Crippen molar-refractivity contribution in [3.8, 4) is 0 Å². The zero-order chi connectivity index (χ0) is 17.7. The molecule has 124 valence electrons. The van der Waals surface area contributed by atoms with Crippen LogP contribution in [0.2, 0.25) is 0 Å². The number of nitro groups is 1. The second-order valence-corrected chi connectivity index (χ2v) is 5.65. The van der Waals surface area contributed by atoms with Crippen LogP contribution < -0.4 is 5.43 Å². The fourth-order valence-electron chi connectivity index (χ4n) is 2.31. The van der Waals surface area contributed by atoms with Gasteiger partial charge in [-0.1, -0.05) is 35.9 Å². The average molecular weight is 325 g/mol. The van der Waals surface area contributed by atoms with Gasteiger partial charge in [0.15, 0.2) is 0 Å². The quantitative estimate of drug-likeness (QED) is 0.520. The number of non-ortho nitro benzene ring substituents is 1. The number of hydrogen-bond donors (Lipinski definition) is 1. The monoisotopic (exact) mass is 325 g/mol. The van der Waals surface area contributed by atoms with Crippen molar-refractivity contribution in [3.63, 3.8) is 0 Å². The third-order valence-corrected chi connectivity index (χ3v) is 3.67. The third kappa shape index (κ3) is 4.49. The molecule has 0 aliphatic rings. The number of aryl methyl sites for hydroxylation is 2. The molecule has 1 N–H and O–H groups in total. The fraction of sp³-hybridized carbons (Fsp3) is 0.222. The summed E-state index contributed by atoms with van der Waals surface area (Å²) in [4.78, 5) is 22.4. The minimum Gasteiger partial charge on any atom is -0.273 e. The second kappa shape index (κ2) is 7.50. The Morgan fingerprint density at radius 1 is 1.21 bits per heavy atom. The molecule has 6 heteroatoms. The lowest BCUT2D eigenvalue weighted by Gasteiger charge is -2.06. The first kappa shape index (κ1) is 17.3. The number of nitro benzene ring substituents is 1. The van der Waals surface area contributed by atoms with E-state index >= 15 is 0 Å². The Bertz CT molecular complexity index is 813. The molecule has 0 radical (unpaired) electrons. The number of rotatable bonds is 5. The molecule has 0 heterocycles. The largest absolute Gasteiger partial charge is 0.273 e. The molecule has 1 amide bonds. The Kier molecular flexibility index (Phi) is 5.42. The molecule has 0 saturated heterocycles. The maximum absolute atomic E-state index is 12.0. The first-order valence-electron chi connectivity index (χ1n) is 7.51. The van der Waals surface area contributed by atoms with E-state index in [1.54, 1.807) is 19.1 Å². The normalized spacial score (nSPS) is 11.2. The lowest BCUT2D eigenvalue weighted by molar-refractivity contribution is -0.384. The molecule has 2 rings (SSSR count). The molecule has 24 heavy (non-hydrogen) atoms. The summed E-state index contributed by atoms with van der Waals surface area (Å²) >= 11 is 0. The van der Waals surface area contributed by atoms with Crippen LogP contribution in [0.15, 0.2) is 47.6 Å². The lowest BCUT2D eigenvalue weighted by atomic mass is 10.0. The molecule has 0 unspecified atom stereocenters. The first-order chi connectivity index (χ1) is 11.4. The van der Waals surface area contributed by atoms with E-state index in [1.165, 1.54) is 12.1 Å². The maximum atomic E-state index is 12.0. The molecule has 0 aliphatic heterocycles. The van der Waals surface area contributed by atoms with Crippen LogP contribution in [0, 0.1) is 24.0 Å². The van der Waals surface area contributed by atoms with E-state index < -0.39 is 4.92 Å². The van der Waals surface area contributed by atoms with Crippen LogP contribution in [0.25, 0.3) is 0 Å². The summed E-state index contributed by atoms with van der Waals surface area (Å²) in [7, 11) is 0. The predicted molar refractivity (Wildman–Crippen MR) is 93.1 cm³/mol. The summed E-state index contributed by atoms with van der Waals surface area (Å²) in [6.45, 7) is 5.66. The van der Waals surface area contributed by atoms with E-state index in [9.17, 15) is 14.9 Å². The minimum absolute atomic E-state index is 0.0105. The summed E-state index contributed by atoms with van der Waals surface area (Å²) in [6, 6.07) is 12.1. The van der Waals surface area contributed by atoms with E-state index in [1.807, 2.05) is 32.0 Å². The fourth-order valence-corrected chi connectivity index (χ4v) is 2.31. The number of amides is 1. The number of nitrogens with one attached hydrogen (secondary N) is 1. The Morgan fingerprint density at radius 2 is 1.96 bits per heavy atom. The topological polar surface area (TPSA) is 84.6 Å². The average Bonchev–Trinajstić information content (AvgIpc) is 2.55. The molecule has 0 spiro atoms. The molecular formula is C18H19N3O3. The minimum atomic E-state index is -0.463. The van der Waals surface area contributed by atoms with Gasteiger partial charge in [-0.2, -0.15) is 5.10 Å². The van der Waals surface area contributed by atoms with Crippen molar-refractivity contribution < 1.29 is 9.72 Å². The predicted octanol–water partition coefficient (Wildman–Crippen LogP) is 3.29. The molecule has 0 aliphatic carbocycles. The summed E-state index contributed by atoms with van der Waals surface area (Å²) in [5, 5.41) is 14.8. The molecule has 0 atom stereocenters. The third-order valence-electron chi connectivity index (χ3n) is 3.67. The van der Waals surface area contributed by atoms with E-state index in [0.29, 0.717) is 11.3 Å². The molecule has 2 aromatic rings. The van der Waals surface area contributed by atoms with E-state index in [-0.39, 0.29) is 18.0 Å². The smallest absolute Gasteiger partial charge is 0.270 e. The zero-order valence-corrected chi connectivity index (χ0v) is 13.9. The van der Waals surface area contributed by atoms with Crippen molar-refractivity contribution in [2.45, 2.75) is 27.2 Å². The van der Waals surface area contributed by atoms with Gasteiger partial charge in [-0.05, 0) is 31.9 Å². The van der Waals surface area contributed by atoms with E-state index in [0.717, 1.165) is 16.7 Å². The summed E-state index contributed by atoms with van der Waals surface area (Å²) in [6.07, 6.45) is 0.234. The Morgan fingerprint density at radius 3 is 2.62 bits per heavy atom. The van der Waals surface area contributed by atoms with Gasteiger partial charge in [0.2, 0.25) is 5.91 Å². The molecule has 0 saturated carbocycles. The van der Waals surface area contributed by atoms with Gasteiger partial charge in [0.25, 0.3) is 5.69 Å². The van der Waals surface area contributed by atoms with Gasteiger partial charge in [-0.25, -0.2) is 5.43 Å². The molecule has 0 fully saturated rings. The lowest BCUT2D eigenvalue weighted by Crippen LogP contribution is -2.21. The van der Waals surface area contributed by atoms with Crippen LogP contribution >= 0.6 is 0 Å². The first-order valence-corrected chi connectivity index (χ1v) is 7.51. The van der Waals surface area contributed by atoms with E-state index in [4.69, 9.17) is 0 Å². The van der Waals surface area contributed by atoms with Crippen LogP contribution in [-0.4, -0.2) is 16.5 Å². The van der Waals surface area contributed by atoms with Gasteiger partial charge in [0.1, 0.15) is 0 Å². The number of hydrogen-bond acceptors (Lipinski definition) is 4. The van der Waals surface area contributed by atoms with Crippen molar-refractivity contribution in [2.75, 3.05) is 0 Å². The molecular weight excluding hydrogens is 306 g/mol. The highest BCUT2D eigenvalue weighted by atomic mass is 16.6. The van der Waals surface area contributed by atoms with Crippen molar-refractivity contribution >= 4 is 17.3 Å². The SMILES string of the molecule is C/C(=N/NC(=O)Cc1ccc(C)cc1C)c1cccc([N+](=O)[O-])c1. The Balaban J connectivity index is 2.05. The van der Waals surface area contributed by atoms with Gasteiger partial charge in [0.05, 0.1) is 17.1 Å². The maximum Gasteiger partial charge on any atom is 0.270 e. The standard InChI is InChI=1S/C18H19N3O3/c1-12-7-8-15(13(2)9-12)11-18(22)20-19-14(3)16-5-4-6-17(10-16)21(23)24/h4-10H,11H2,1-3H3,(H,20,22)/b19-14-. The van der Waals surface area contributed by atoms with E-state index in [2.05, 4.69) is 10.5 Å². The molecule has 0 aromatic heterocycles. The van der Waals surface area contributed by atoms with Crippen LogP contribution in [0.4, 0.5) is 5.69 Å². The number of nitrogens with zero attached hydrogens (tertiary/aromatic N) is 2. The van der Waals surface area contributed by atoms with Gasteiger partial charge in [-0.15, -0.1) is 0 Å². The van der Waals surface area contributed by atoms with Crippen LogP contribution in [0.5, 0.6) is 0 Å². The highest BCUT2D eigenvalue weighted by Gasteiger charge is 2.09. The highest BCUT2D eigenvalue weighted by molar-refractivity contribution is 5.99. The summed E-state index contributed by atoms with van der Waals surface area (Å²) < 4.78 is 0. The second-order valence-electron chi connectivity index (χ2n) is 5.65. The summed E-state index contributed by atoms with van der Waals surface area (Å²) in [5.41, 5.74) is 6.74.